The summed E-state index contributed by atoms with van der Waals surface area (Å²) < 4.78 is 49.8. The minimum absolute atomic E-state index is 0.0460. The van der Waals surface area contributed by atoms with Crippen LogP contribution in [0.5, 0.6) is 0 Å². The number of aliphatic hydroxyl groups excluding tert-OH is 1. The Morgan fingerprint density at radius 2 is 1.46 bits per heavy atom. The number of cyclic esters (lactones) is 1. The highest BCUT2D eigenvalue weighted by molar-refractivity contribution is 5.89. The second-order valence-corrected chi connectivity index (χ2v) is 18.3. The Hall–Kier alpha value is -2.81. The molecule has 0 amide bonds. The zero-order valence-corrected chi connectivity index (χ0v) is 39.0. The standard InChI is InChI=1S/C43H74N2O16/c1-17-31-43(13,52)36(49)23(4)33(44-61-29(10)48)21(2)19-41(11,51)37(60-40-35(56-27(8)46)30(45(14)15)18-22(3)54-40)24(5)34(25(6)39(50)58-31)59-32-20-42(12,53-16)38(26(7)55-32)57-28(9)47/h21-26,30-32,34-38,40,49,51-52H,17-20H2,1-16H3/t21-,22-,23+,24+,25-,26+,30+,31-,32+,34+,35-,36-,37-,38+,40+,41-,42-,43-/m1/s1. The third-order valence-corrected chi connectivity index (χ3v) is 12.7. The quantitative estimate of drug-likeness (QED) is 0.124. The van der Waals surface area contributed by atoms with Crippen LogP contribution in [0.4, 0.5) is 0 Å². The van der Waals surface area contributed by atoms with Crippen LogP contribution in [0.2, 0.25) is 0 Å². The smallest absolute Gasteiger partial charge is 0.331 e. The third-order valence-electron chi connectivity index (χ3n) is 12.7. The van der Waals surface area contributed by atoms with E-state index in [2.05, 4.69) is 5.16 Å². The van der Waals surface area contributed by atoms with Gasteiger partial charge in [0.05, 0.1) is 53.8 Å². The second-order valence-electron chi connectivity index (χ2n) is 18.3. The highest BCUT2D eigenvalue weighted by Crippen LogP contribution is 2.42. The highest BCUT2D eigenvalue weighted by Gasteiger charge is 2.54. The Balaban J connectivity index is 2.31. The average Bonchev–Trinajstić information content (AvgIpc) is 3.15. The minimum Gasteiger partial charge on any atom is -0.459 e. The van der Waals surface area contributed by atoms with Gasteiger partial charge in [-0.05, 0) is 74.9 Å². The van der Waals surface area contributed by atoms with Crippen LogP contribution in [-0.2, 0) is 61.9 Å². The molecule has 18 heteroatoms. The summed E-state index contributed by atoms with van der Waals surface area (Å²) in [6, 6.07) is -0.353. The van der Waals surface area contributed by atoms with Crippen LogP contribution in [0, 0.1) is 23.7 Å². The van der Waals surface area contributed by atoms with Gasteiger partial charge in [0.15, 0.2) is 24.8 Å². The molecular formula is C43H74N2O16. The van der Waals surface area contributed by atoms with Crippen molar-refractivity contribution in [3.63, 3.8) is 0 Å². The number of carbonyl (C=O) groups is 4. The Bertz CT molecular complexity index is 1540. The molecule has 0 aromatic carbocycles. The summed E-state index contributed by atoms with van der Waals surface area (Å²) in [7, 11) is 5.18. The molecule has 3 heterocycles. The number of aliphatic hydroxyl groups is 3. The summed E-state index contributed by atoms with van der Waals surface area (Å²) in [4.78, 5) is 58.2. The van der Waals surface area contributed by atoms with Gasteiger partial charge in [0.25, 0.3) is 0 Å². The first kappa shape index (κ1) is 52.5. The van der Waals surface area contributed by atoms with E-state index in [1.54, 1.807) is 48.5 Å². The van der Waals surface area contributed by atoms with E-state index in [-0.39, 0.29) is 37.1 Å². The predicted molar refractivity (Wildman–Crippen MR) is 220 cm³/mol. The number of esters is 3. The van der Waals surface area contributed by atoms with E-state index in [1.807, 2.05) is 25.9 Å². The van der Waals surface area contributed by atoms with Crippen molar-refractivity contribution in [2.45, 2.75) is 200 Å². The van der Waals surface area contributed by atoms with Crippen molar-refractivity contribution in [2.24, 2.45) is 28.8 Å². The molecule has 0 aromatic heterocycles. The number of carbonyl (C=O) groups excluding carboxylic acids is 4. The first-order valence-electron chi connectivity index (χ1n) is 21.4. The molecule has 0 unspecified atom stereocenters. The van der Waals surface area contributed by atoms with Crippen molar-refractivity contribution in [1.82, 2.24) is 4.90 Å². The maximum atomic E-state index is 14.4. The highest BCUT2D eigenvalue weighted by atomic mass is 16.7. The minimum atomic E-state index is -2.04. The van der Waals surface area contributed by atoms with Gasteiger partial charge in [0, 0.05) is 52.1 Å². The summed E-state index contributed by atoms with van der Waals surface area (Å²) in [5.41, 5.74) is -4.88. The van der Waals surface area contributed by atoms with Gasteiger partial charge in [0.1, 0.15) is 17.3 Å². The van der Waals surface area contributed by atoms with Crippen LogP contribution in [0.25, 0.3) is 0 Å². The third kappa shape index (κ3) is 12.7. The Labute approximate surface area is 361 Å². The Morgan fingerprint density at radius 3 is 1.98 bits per heavy atom. The van der Waals surface area contributed by atoms with Crippen molar-refractivity contribution < 1.29 is 77.2 Å². The van der Waals surface area contributed by atoms with Gasteiger partial charge in [-0.3, -0.25) is 14.4 Å². The molecule has 0 spiro atoms. The zero-order chi connectivity index (χ0) is 46.5. The lowest BCUT2D eigenvalue weighted by molar-refractivity contribution is -0.319. The van der Waals surface area contributed by atoms with Crippen molar-refractivity contribution in [1.29, 1.82) is 0 Å². The lowest BCUT2D eigenvalue weighted by Gasteiger charge is -2.49. The Kier molecular flexibility index (Phi) is 18.3. The molecule has 61 heavy (non-hydrogen) atoms. The lowest BCUT2D eigenvalue weighted by Crippen LogP contribution is -2.62. The maximum absolute atomic E-state index is 14.4. The van der Waals surface area contributed by atoms with Crippen molar-refractivity contribution >= 4 is 29.6 Å². The molecule has 0 aromatic rings. The average molecular weight is 875 g/mol. The molecular weight excluding hydrogens is 800 g/mol. The number of hydrogen-bond donors (Lipinski definition) is 3. The summed E-state index contributed by atoms with van der Waals surface area (Å²) in [6.07, 6.45) is -9.96. The number of ether oxygens (including phenoxy) is 8. The molecule has 3 saturated heterocycles. The molecule has 3 aliphatic heterocycles. The monoisotopic (exact) mass is 875 g/mol. The van der Waals surface area contributed by atoms with Gasteiger partial charge in [-0.2, -0.15) is 0 Å². The molecule has 0 bridgehead atoms. The van der Waals surface area contributed by atoms with Crippen molar-refractivity contribution in [3.05, 3.63) is 0 Å². The SMILES string of the molecule is CC[C@H]1OC(=O)[C@H](C)[C@@H](O[C@H]2C[C@@](C)(OC)[C@@H](OC(C)=O)[C@H](C)O2)[C@H](C)[C@@H](O[C@@H]2O[C@H](C)C[C@H](N(C)C)[C@H]2OC(C)=O)[C@](C)(O)C[C@@H](C)C(=NOC(C)=O)[C@H](C)[C@@H](O)[C@]1(C)O. The van der Waals surface area contributed by atoms with Crippen LogP contribution in [0.15, 0.2) is 5.16 Å². The van der Waals surface area contributed by atoms with E-state index in [0.29, 0.717) is 6.42 Å². The summed E-state index contributed by atoms with van der Waals surface area (Å²) in [6.45, 7) is 20.3. The number of likely N-dealkylation sites (N-methyl/N-ethyl adjacent to an activating group) is 1. The number of nitrogens with zero attached hydrogens (tertiary/aromatic N) is 2. The molecule has 0 saturated carbocycles. The van der Waals surface area contributed by atoms with E-state index in [9.17, 15) is 34.5 Å². The van der Waals surface area contributed by atoms with Gasteiger partial charge < -0.3 is 63.0 Å². The first-order valence-corrected chi connectivity index (χ1v) is 21.4. The fourth-order valence-electron chi connectivity index (χ4n) is 9.40. The van der Waals surface area contributed by atoms with Crippen LogP contribution in [-0.4, -0.2) is 155 Å². The number of methoxy groups -OCH3 is 1. The van der Waals surface area contributed by atoms with E-state index in [0.717, 1.165) is 0 Å². The first-order chi connectivity index (χ1) is 28.1. The van der Waals surface area contributed by atoms with Gasteiger partial charge >= 0.3 is 23.9 Å². The normalized spacial score (nSPS) is 43.8. The van der Waals surface area contributed by atoms with Crippen LogP contribution in [0.3, 0.4) is 0 Å². The van der Waals surface area contributed by atoms with Crippen LogP contribution < -0.4 is 0 Å². The van der Waals surface area contributed by atoms with E-state index in [4.69, 9.17) is 42.7 Å². The molecule has 352 valence electrons. The molecule has 3 rings (SSSR count). The van der Waals surface area contributed by atoms with E-state index < -0.39 is 120 Å². The maximum Gasteiger partial charge on any atom is 0.331 e. The number of rotatable bonds is 10. The summed E-state index contributed by atoms with van der Waals surface area (Å²) in [5.74, 6) is -6.44. The van der Waals surface area contributed by atoms with Crippen LogP contribution >= 0.6 is 0 Å². The summed E-state index contributed by atoms with van der Waals surface area (Å²) >= 11 is 0. The molecule has 18 atom stereocenters. The zero-order valence-electron chi connectivity index (χ0n) is 39.0. The molecule has 18 nitrogen and oxygen atoms in total. The molecule has 3 aliphatic rings. The molecule has 0 radical (unpaired) electrons. The van der Waals surface area contributed by atoms with Crippen molar-refractivity contribution in [3.8, 4) is 0 Å². The van der Waals surface area contributed by atoms with Gasteiger partial charge in [-0.25, -0.2) is 4.79 Å². The second kappa shape index (κ2) is 21.2. The largest absolute Gasteiger partial charge is 0.459 e. The van der Waals surface area contributed by atoms with E-state index in [1.165, 1.54) is 41.7 Å². The van der Waals surface area contributed by atoms with Crippen molar-refractivity contribution in [2.75, 3.05) is 21.2 Å². The number of oxime groups is 1. The summed E-state index contributed by atoms with van der Waals surface area (Å²) in [5, 5.41) is 40.7. The molecule has 3 fully saturated rings. The number of hydrogen-bond acceptors (Lipinski definition) is 18. The van der Waals surface area contributed by atoms with Gasteiger partial charge in [-0.15, -0.1) is 0 Å². The van der Waals surface area contributed by atoms with Gasteiger partial charge in [0.2, 0.25) is 0 Å². The lowest BCUT2D eigenvalue weighted by atomic mass is 9.73. The van der Waals surface area contributed by atoms with Crippen LogP contribution in [0.1, 0.15) is 116 Å². The fourth-order valence-corrected chi connectivity index (χ4v) is 9.40. The molecule has 3 N–H and O–H groups in total. The Morgan fingerprint density at radius 1 is 0.852 bits per heavy atom. The predicted octanol–water partition coefficient (Wildman–Crippen LogP) is 3.28. The fraction of sp³-hybridized carbons (Fsp3) is 0.884. The van der Waals surface area contributed by atoms with Gasteiger partial charge in [-0.1, -0.05) is 32.9 Å². The topological polar surface area (TPSA) is 228 Å². The molecule has 0 aliphatic carbocycles. The van der Waals surface area contributed by atoms with E-state index >= 15 is 0 Å².